The Kier molecular flexibility index (Phi) is 4.03. The first-order valence-corrected chi connectivity index (χ1v) is 5.83. The summed E-state index contributed by atoms with van der Waals surface area (Å²) in [4.78, 5) is 0. The monoisotopic (exact) mass is 227 g/mol. The summed E-state index contributed by atoms with van der Waals surface area (Å²) in [5, 5.41) is 3.10. The SMILES string of the molecule is CNc1cccc(OCCc2ccccc2)c1. The summed E-state index contributed by atoms with van der Waals surface area (Å²) in [5.41, 5.74) is 2.37. The zero-order chi connectivity index (χ0) is 11.9. The van der Waals surface area contributed by atoms with Gasteiger partial charge in [-0.05, 0) is 17.7 Å². The Labute approximate surface area is 102 Å². The lowest BCUT2D eigenvalue weighted by molar-refractivity contribution is 0.322. The van der Waals surface area contributed by atoms with Gasteiger partial charge in [-0.3, -0.25) is 0 Å². The van der Waals surface area contributed by atoms with Crippen molar-refractivity contribution in [2.75, 3.05) is 19.0 Å². The fourth-order valence-electron chi connectivity index (χ4n) is 1.67. The molecule has 0 spiro atoms. The molecule has 2 rings (SSSR count). The van der Waals surface area contributed by atoms with Crippen LogP contribution in [0.2, 0.25) is 0 Å². The molecule has 0 aliphatic rings. The molecule has 0 aromatic heterocycles. The molecule has 0 fully saturated rings. The summed E-state index contributed by atoms with van der Waals surface area (Å²) in [7, 11) is 1.91. The first-order valence-electron chi connectivity index (χ1n) is 5.83. The van der Waals surface area contributed by atoms with Crippen LogP contribution in [0.1, 0.15) is 5.56 Å². The van der Waals surface area contributed by atoms with E-state index in [1.165, 1.54) is 5.56 Å². The number of ether oxygens (including phenoxy) is 1. The van der Waals surface area contributed by atoms with Crippen LogP contribution in [0.15, 0.2) is 54.6 Å². The first kappa shape index (κ1) is 11.5. The molecule has 1 N–H and O–H groups in total. The number of nitrogens with one attached hydrogen (secondary N) is 1. The lowest BCUT2D eigenvalue weighted by atomic mass is 10.2. The first-order chi connectivity index (χ1) is 8.38. The molecule has 0 unspecified atom stereocenters. The van der Waals surface area contributed by atoms with Gasteiger partial charge in [-0.2, -0.15) is 0 Å². The van der Waals surface area contributed by atoms with Crippen LogP contribution in [0.25, 0.3) is 0 Å². The lowest BCUT2D eigenvalue weighted by Gasteiger charge is -2.07. The maximum absolute atomic E-state index is 5.71. The quantitative estimate of drug-likeness (QED) is 0.845. The largest absolute Gasteiger partial charge is 0.493 e. The number of benzene rings is 2. The van der Waals surface area contributed by atoms with Gasteiger partial charge in [0, 0.05) is 25.2 Å². The van der Waals surface area contributed by atoms with E-state index in [1.807, 2.05) is 37.4 Å². The molecule has 2 aromatic carbocycles. The second-order valence-electron chi connectivity index (χ2n) is 3.86. The van der Waals surface area contributed by atoms with Gasteiger partial charge in [-0.1, -0.05) is 36.4 Å². The molecule has 2 aromatic rings. The van der Waals surface area contributed by atoms with E-state index in [4.69, 9.17) is 4.74 Å². The third-order valence-corrected chi connectivity index (χ3v) is 2.63. The maximum atomic E-state index is 5.71. The van der Waals surface area contributed by atoms with Gasteiger partial charge in [0.1, 0.15) is 5.75 Å². The summed E-state index contributed by atoms with van der Waals surface area (Å²) in [5.74, 6) is 0.910. The van der Waals surface area contributed by atoms with E-state index in [2.05, 4.69) is 29.6 Å². The minimum absolute atomic E-state index is 0.706. The average molecular weight is 227 g/mol. The van der Waals surface area contributed by atoms with Crippen LogP contribution >= 0.6 is 0 Å². The van der Waals surface area contributed by atoms with Crippen LogP contribution in [0.3, 0.4) is 0 Å². The van der Waals surface area contributed by atoms with Gasteiger partial charge in [-0.25, -0.2) is 0 Å². The fourth-order valence-corrected chi connectivity index (χ4v) is 1.67. The lowest BCUT2D eigenvalue weighted by Crippen LogP contribution is -2.01. The van der Waals surface area contributed by atoms with Crippen molar-refractivity contribution in [2.45, 2.75) is 6.42 Å². The number of hydrogen-bond donors (Lipinski definition) is 1. The highest BCUT2D eigenvalue weighted by molar-refractivity contribution is 5.47. The third-order valence-electron chi connectivity index (χ3n) is 2.63. The molecule has 0 aliphatic heterocycles. The van der Waals surface area contributed by atoms with Gasteiger partial charge in [0.05, 0.1) is 6.61 Å². The summed E-state index contributed by atoms with van der Waals surface area (Å²) < 4.78 is 5.71. The Bertz CT molecular complexity index is 453. The van der Waals surface area contributed by atoms with Crippen LogP contribution in [0.5, 0.6) is 5.75 Å². The highest BCUT2D eigenvalue weighted by atomic mass is 16.5. The highest BCUT2D eigenvalue weighted by Gasteiger charge is 1.96. The molecule has 2 heteroatoms. The van der Waals surface area contributed by atoms with Crippen LogP contribution in [0.4, 0.5) is 5.69 Å². The van der Waals surface area contributed by atoms with E-state index in [0.29, 0.717) is 6.61 Å². The minimum atomic E-state index is 0.706. The van der Waals surface area contributed by atoms with Gasteiger partial charge >= 0.3 is 0 Å². The average Bonchev–Trinajstić information content (AvgIpc) is 2.40. The summed E-state index contributed by atoms with van der Waals surface area (Å²) >= 11 is 0. The van der Waals surface area contributed by atoms with E-state index in [9.17, 15) is 0 Å². The Morgan fingerprint density at radius 3 is 2.59 bits per heavy atom. The van der Waals surface area contributed by atoms with Crippen LogP contribution in [-0.4, -0.2) is 13.7 Å². The molecular weight excluding hydrogens is 210 g/mol. The summed E-state index contributed by atoms with van der Waals surface area (Å²) in [6.07, 6.45) is 0.935. The van der Waals surface area contributed by atoms with Crippen molar-refractivity contribution in [3.8, 4) is 5.75 Å². The molecule has 0 aliphatic carbocycles. The van der Waals surface area contributed by atoms with E-state index >= 15 is 0 Å². The van der Waals surface area contributed by atoms with Crippen LogP contribution in [-0.2, 0) is 6.42 Å². The van der Waals surface area contributed by atoms with E-state index in [1.54, 1.807) is 0 Å². The number of rotatable bonds is 5. The number of hydrogen-bond acceptors (Lipinski definition) is 2. The summed E-state index contributed by atoms with van der Waals surface area (Å²) in [6, 6.07) is 18.4. The Morgan fingerprint density at radius 2 is 1.82 bits per heavy atom. The molecule has 0 saturated heterocycles. The molecule has 0 atom stereocenters. The fraction of sp³-hybridized carbons (Fsp3) is 0.200. The molecule has 88 valence electrons. The van der Waals surface area contributed by atoms with Gasteiger partial charge in [0.15, 0.2) is 0 Å². The van der Waals surface area contributed by atoms with Gasteiger partial charge in [0.25, 0.3) is 0 Å². The zero-order valence-electron chi connectivity index (χ0n) is 10.0. The maximum Gasteiger partial charge on any atom is 0.121 e. The molecule has 0 radical (unpaired) electrons. The highest BCUT2D eigenvalue weighted by Crippen LogP contribution is 2.16. The number of anilines is 1. The minimum Gasteiger partial charge on any atom is -0.493 e. The predicted molar refractivity (Wildman–Crippen MR) is 71.6 cm³/mol. The summed E-state index contributed by atoms with van der Waals surface area (Å²) in [6.45, 7) is 0.706. The molecular formula is C15H17NO. The molecule has 0 amide bonds. The van der Waals surface area contributed by atoms with Crippen LogP contribution in [0, 0.1) is 0 Å². The van der Waals surface area contributed by atoms with Crippen molar-refractivity contribution in [2.24, 2.45) is 0 Å². The molecule has 0 saturated carbocycles. The van der Waals surface area contributed by atoms with Crippen molar-refractivity contribution < 1.29 is 4.74 Å². The normalized spacial score (nSPS) is 9.94. The van der Waals surface area contributed by atoms with Gasteiger partial charge < -0.3 is 10.1 Å². The topological polar surface area (TPSA) is 21.3 Å². The van der Waals surface area contributed by atoms with Crippen molar-refractivity contribution in [3.63, 3.8) is 0 Å². The van der Waals surface area contributed by atoms with Crippen molar-refractivity contribution in [3.05, 3.63) is 60.2 Å². The van der Waals surface area contributed by atoms with E-state index in [-0.39, 0.29) is 0 Å². The van der Waals surface area contributed by atoms with Crippen molar-refractivity contribution in [1.82, 2.24) is 0 Å². The molecule has 0 bridgehead atoms. The van der Waals surface area contributed by atoms with Crippen molar-refractivity contribution in [1.29, 1.82) is 0 Å². The molecule has 2 nitrogen and oxygen atoms in total. The predicted octanol–water partition coefficient (Wildman–Crippen LogP) is 3.35. The Hall–Kier alpha value is -1.96. The Morgan fingerprint density at radius 1 is 1.00 bits per heavy atom. The third kappa shape index (κ3) is 3.52. The van der Waals surface area contributed by atoms with E-state index < -0.39 is 0 Å². The standard InChI is InChI=1S/C15H17NO/c1-16-14-8-5-9-15(12-14)17-11-10-13-6-3-2-4-7-13/h2-9,12,16H,10-11H2,1H3. The molecule has 17 heavy (non-hydrogen) atoms. The molecule has 0 heterocycles. The second kappa shape index (κ2) is 5.94. The smallest absolute Gasteiger partial charge is 0.121 e. The van der Waals surface area contributed by atoms with E-state index in [0.717, 1.165) is 17.9 Å². The zero-order valence-corrected chi connectivity index (χ0v) is 10.0. The van der Waals surface area contributed by atoms with Gasteiger partial charge in [0.2, 0.25) is 0 Å². The van der Waals surface area contributed by atoms with Crippen LogP contribution < -0.4 is 10.1 Å². The van der Waals surface area contributed by atoms with Gasteiger partial charge in [-0.15, -0.1) is 0 Å². The Balaban J connectivity index is 1.86. The second-order valence-corrected chi connectivity index (χ2v) is 3.86. The van der Waals surface area contributed by atoms with Crippen molar-refractivity contribution >= 4 is 5.69 Å².